The zero-order valence-electron chi connectivity index (χ0n) is 17.9. The molecule has 2 aromatic carbocycles. The molecule has 0 bridgehead atoms. The van der Waals surface area contributed by atoms with Crippen molar-refractivity contribution < 1.29 is 12.8 Å². The molecule has 0 amide bonds. The first-order chi connectivity index (χ1) is 15.3. The van der Waals surface area contributed by atoms with Gasteiger partial charge in [-0.25, -0.2) is 17.5 Å². The molecule has 9 heteroatoms. The Labute approximate surface area is 186 Å². The predicted molar refractivity (Wildman–Crippen MR) is 122 cm³/mol. The van der Waals surface area contributed by atoms with Gasteiger partial charge in [-0.3, -0.25) is 0 Å². The molecule has 0 radical (unpaired) electrons. The molecule has 7 nitrogen and oxygen atoms in total. The minimum Gasteiger partial charge on any atom is -0.369 e. The molecule has 4 aromatic rings. The number of hydrogen-bond acceptors (Lipinski definition) is 4. The fourth-order valence-corrected chi connectivity index (χ4v) is 5.97. The molecular weight excluding hydrogens is 429 g/mol. The molecule has 166 valence electrons. The molecule has 2 aromatic heterocycles. The van der Waals surface area contributed by atoms with Gasteiger partial charge in [-0.2, -0.15) is 9.40 Å². The van der Waals surface area contributed by atoms with Gasteiger partial charge in [0.05, 0.1) is 22.3 Å². The summed E-state index contributed by atoms with van der Waals surface area (Å²) in [7, 11) is -1.70. The summed E-state index contributed by atoms with van der Waals surface area (Å²) < 4.78 is 44.5. The van der Waals surface area contributed by atoms with Gasteiger partial charge in [0, 0.05) is 56.2 Å². The number of fused-ring (bicyclic) bond motifs is 1. The predicted octanol–water partition coefficient (Wildman–Crippen LogP) is 3.40. The quantitative estimate of drug-likeness (QED) is 0.475. The van der Waals surface area contributed by atoms with Gasteiger partial charge in [0.25, 0.3) is 0 Å². The highest BCUT2D eigenvalue weighted by Gasteiger charge is 2.34. The first-order valence-corrected chi connectivity index (χ1v) is 11.9. The molecule has 1 aliphatic heterocycles. The summed E-state index contributed by atoms with van der Waals surface area (Å²) in [6.45, 7) is 3.57. The van der Waals surface area contributed by atoms with Crippen molar-refractivity contribution in [1.29, 1.82) is 0 Å². The molecule has 3 heterocycles. The van der Waals surface area contributed by atoms with Crippen molar-refractivity contribution in [3.63, 3.8) is 0 Å². The summed E-state index contributed by atoms with van der Waals surface area (Å²) in [6, 6.07) is 13.8. The second-order valence-corrected chi connectivity index (χ2v) is 10.1. The van der Waals surface area contributed by atoms with E-state index in [1.54, 1.807) is 50.3 Å². The van der Waals surface area contributed by atoms with E-state index in [2.05, 4.69) is 16.1 Å². The number of aryl methyl sites for hydroxylation is 1. The number of hydrogen-bond donors (Lipinski definition) is 0. The van der Waals surface area contributed by atoms with Crippen LogP contribution in [0.4, 0.5) is 10.1 Å². The lowest BCUT2D eigenvalue weighted by molar-refractivity contribution is 0.307. The van der Waals surface area contributed by atoms with Crippen molar-refractivity contribution in [1.82, 2.24) is 18.7 Å². The minimum atomic E-state index is -3.52. The maximum atomic E-state index is 13.3. The molecule has 0 aliphatic carbocycles. The van der Waals surface area contributed by atoms with Crippen molar-refractivity contribution in [2.45, 2.75) is 17.9 Å². The van der Waals surface area contributed by atoms with E-state index in [1.165, 1.54) is 12.1 Å². The van der Waals surface area contributed by atoms with Gasteiger partial charge in [0.15, 0.2) is 0 Å². The number of piperazine rings is 1. The van der Waals surface area contributed by atoms with E-state index < -0.39 is 10.0 Å². The van der Waals surface area contributed by atoms with Crippen molar-refractivity contribution >= 4 is 26.6 Å². The molecule has 1 saturated heterocycles. The fraction of sp³-hybridized carbons (Fsp3) is 0.261. The van der Waals surface area contributed by atoms with E-state index in [0.29, 0.717) is 24.5 Å². The lowest BCUT2D eigenvalue weighted by Gasteiger charge is -2.40. The Morgan fingerprint density at radius 2 is 1.78 bits per heavy atom. The lowest BCUT2D eigenvalue weighted by Crippen LogP contribution is -2.53. The third-order valence-electron chi connectivity index (χ3n) is 5.97. The second kappa shape index (κ2) is 7.75. The zero-order valence-corrected chi connectivity index (χ0v) is 18.7. The van der Waals surface area contributed by atoms with Crippen LogP contribution in [0.2, 0.25) is 0 Å². The fourth-order valence-electron chi connectivity index (χ4n) is 4.30. The van der Waals surface area contributed by atoms with E-state index >= 15 is 0 Å². The van der Waals surface area contributed by atoms with E-state index in [9.17, 15) is 12.8 Å². The molecule has 0 spiro atoms. The van der Waals surface area contributed by atoms with Crippen molar-refractivity contribution in [3.05, 3.63) is 72.9 Å². The van der Waals surface area contributed by atoms with Crippen molar-refractivity contribution in [2.24, 2.45) is 7.05 Å². The maximum Gasteiger partial charge on any atom is 0.244 e. The Kier molecular flexibility index (Phi) is 5.02. The number of rotatable bonds is 4. The summed E-state index contributed by atoms with van der Waals surface area (Å²) in [5.41, 5.74) is 2.75. The van der Waals surface area contributed by atoms with Gasteiger partial charge in [0.1, 0.15) is 5.82 Å². The van der Waals surface area contributed by atoms with Gasteiger partial charge in [-0.1, -0.05) is 0 Å². The first kappa shape index (κ1) is 20.7. The zero-order chi connectivity index (χ0) is 22.5. The number of benzene rings is 2. The average Bonchev–Trinajstić information content (AvgIpc) is 3.40. The average molecular weight is 454 g/mol. The van der Waals surface area contributed by atoms with Crippen LogP contribution < -0.4 is 4.90 Å². The summed E-state index contributed by atoms with van der Waals surface area (Å²) in [5, 5.41) is 5.43. The molecule has 0 N–H and O–H groups in total. The number of nitrogens with zero attached hydrogens (tertiary/aromatic N) is 5. The van der Waals surface area contributed by atoms with Crippen LogP contribution in [0.3, 0.4) is 0 Å². The van der Waals surface area contributed by atoms with E-state index in [-0.39, 0.29) is 11.9 Å². The van der Waals surface area contributed by atoms with Crippen LogP contribution in [0.5, 0.6) is 0 Å². The third kappa shape index (κ3) is 3.57. The number of sulfonamides is 1. The van der Waals surface area contributed by atoms with Crippen LogP contribution in [0.25, 0.3) is 16.6 Å². The van der Waals surface area contributed by atoms with Crippen LogP contribution in [0.15, 0.2) is 72.0 Å². The SMILES string of the molecule is C[C@@H]1CN(c2ccc3c(cnn3-c3ccc(F)cc3)c2)CCN1S(=O)(=O)c1ccn(C)c1. The van der Waals surface area contributed by atoms with Crippen LogP contribution >= 0.6 is 0 Å². The largest absolute Gasteiger partial charge is 0.369 e. The monoisotopic (exact) mass is 453 g/mol. The topological polar surface area (TPSA) is 63.4 Å². The molecule has 32 heavy (non-hydrogen) atoms. The van der Waals surface area contributed by atoms with E-state index in [0.717, 1.165) is 22.3 Å². The van der Waals surface area contributed by atoms with Crippen molar-refractivity contribution in [2.75, 3.05) is 24.5 Å². The molecule has 1 atom stereocenters. The van der Waals surface area contributed by atoms with Crippen molar-refractivity contribution in [3.8, 4) is 5.69 Å². The highest BCUT2D eigenvalue weighted by Crippen LogP contribution is 2.28. The Bertz CT molecular complexity index is 1380. The van der Waals surface area contributed by atoms with Crippen LogP contribution in [0, 0.1) is 5.82 Å². The molecule has 0 saturated carbocycles. The van der Waals surface area contributed by atoms with Gasteiger partial charge in [-0.15, -0.1) is 0 Å². The number of halogens is 1. The van der Waals surface area contributed by atoms with Gasteiger partial charge in [-0.05, 0) is 55.5 Å². The number of anilines is 1. The van der Waals surface area contributed by atoms with Crippen LogP contribution in [0.1, 0.15) is 6.92 Å². The lowest BCUT2D eigenvalue weighted by atomic mass is 10.1. The molecule has 0 unspecified atom stereocenters. The van der Waals surface area contributed by atoms with E-state index in [1.807, 2.05) is 26.1 Å². The Morgan fingerprint density at radius 3 is 2.47 bits per heavy atom. The Morgan fingerprint density at radius 1 is 1.03 bits per heavy atom. The molecule has 1 aliphatic rings. The Hall–Kier alpha value is -3.17. The summed E-state index contributed by atoms with van der Waals surface area (Å²) in [5.74, 6) is -0.282. The van der Waals surface area contributed by atoms with Gasteiger partial charge >= 0.3 is 0 Å². The third-order valence-corrected chi connectivity index (χ3v) is 7.96. The molecular formula is C23H24FN5O2S. The molecule has 1 fully saturated rings. The summed E-state index contributed by atoms with van der Waals surface area (Å²) in [6.07, 6.45) is 5.18. The van der Waals surface area contributed by atoms with E-state index in [4.69, 9.17) is 0 Å². The highest BCUT2D eigenvalue weighted by molar-refractivity contribution is 7.89. The Balaban J connectivity index is 1.37. The van der Waals surface area contributed by atoms with Gasteiger partial charge < -0.3 is 9.47 Å². The normalized spacial score (nSPS) is 17.8. The van der Waals surface area contributed by atoms with Crippen LogP contribution in [-0.4, -0.2) is 52.7 Å². The van der Waals surface area contributed by atoms with Crippen LogP contribution in [-0.2, 0) is 17.1 Å². The maximum absolute atomic E-state index is 13.3. The standard InChI is InChI=1S/C23H24FN5O2S/c1-17-15-27(11-12-28(17)32(30,31)22-9-10-26(2)16-22)21-7-8-23-18(13-21)14-25-29(23)20-5-3-19(24)4-6-20/h3-10,13-14,16-17H,11-12,15H2,1-2H3/t17-/m1/s1. The van der Waals surface area contributed by atoms with Gasteiger partial charge in [0.2, 0.25) is 10.0 Å². The second-order valence-electron chi connectivity index (χ2n) is 8.20. The first-order valence-electron chi connectivity index (χ1n) is 10.5. The molecule has 5 rings (SSSR count). The minimum absolute atomic E-state index is 0.161. The highest BCUT2D eigenvalue weighted by atomic mass is 32.2. The number of aromatic nitrogens is 3. The summed E-state index contributed by atoms with van der Waals surface area (Å²) >= 11 is 0. The smallest absolute Gasteiger partial charge is 0.244 e. The summed E-state index contributed by atoms with van der Waals surface area (Å²) in [4.78, 5) is 2.53.